The largest absolute Gasteiger partial charge is 0.343 e. The van der Waals surface area contributed by atoms with Crippen LogP contribution in [0.4, 0.5) is 10.1 Å². The number of halogens is 1. The van der Waals surface area contributed by atoms with Crippen LogP contribution in [0, 0.1) is 5.82 Å². The molecule has 1 aromatic heterocycles. The van der Waals surface area contributed by atoms with E-state index in [4.69, 9.17) is 0 Å². The highest BCUT2D eigenvalue weighted by Crippen LogP contribution is 2.12. The molecular formula is C18H14FN3O3. The van der Waals surface area contributed by atoms with Gasteiger partial charge in [-0.3, -0.25) is 14.4 Å². The zero-order chi connectivity index (χ0) is 17.8. The Kier molecular flexibility index (Phi) is 4.56. The van der Waals surface area contributed by atoms with Crippen LogP contribution in [0.3, 0.4) is 0 Å². The first-order valence-electron chi connectivity index (χ1n) is 7.48. The van der Waals surface area contributed by atoms with E-state index in [-0.39, 0.29) is 12.1 Å². The zero-order valence-corrected chi connectivity index (χ0v) is 13.0. The second-order valence-electron chi connectivity index (χ2n) is 5.34. The first-order valence-corrected chi connectivity index (χ1v) is 7.48. The molecule has 0 radical (unpaired) electrons. The molecule has 0 aliphatic heterocycles. The van der Waals surface area contributed by atoms with Crippen LogP contribution in [-0.2, 0) is 4.79 Å². The van der Waals surface area contributed by atoms with Gasteiger partial charge in [-0.2, -0.15) is 0 Å². The van der Waals surface area contributed by atoms with E-state index in [0.29, 0.717) is 16.6 Å². The topological polar surface area (TPSA) is 91.1 Å². The number of H-pyrrole nitrogens is 1. The average Bonchev–Trinajstić information content (AvgIpc) is 2.60. The summed E-state index contributed by atoms with van der Waals surface area (Å²) < 4.78 is 13.2. The minimum absolute atomic E-state index is 0.147. The van der Waals surface area contributed by atoms with Crippen LogP contribution in [0.1, 0.15) is 10.4 Å². The fourth-order valence-corrected chi connectivity index (χ4v) is 2.32. The molecule has 0 aliphatic rings. The Morgan fingerprint density at radius 1 is 1.04 bits per heavy atom. The number of pyridine rings is 1. The molecule has 6 nitrogen and oxygen atoms in total. The molecule has 0 spiro atoms. The summed E-state index contributed by atoms with van der Waals surface area (Å²) in [6.45, 7) is -0.283. The van der Waals surface area contributed by atoms with Crippen molar-refractivity contribution in [3.8, 4) is 0 Å². The summed E-state index contributed by atoms with van der Waals surface area (Å²) in [6.07, 6.45) is 0. The molecule has 126 valence electrons. The van der Waals surface area contributed by atoms with Crippen molar-refractivity contribution < 1.29 is 14.0 Å². The summed E-state index contributed by atoms with van der Waals surface area (Å²) >= 11 is 0. The van der Waals surface area contributed by atoms with Gasteiger partial charge in [0.1, 0.15) is 11.4 Å². The predicted octanol–water partition coefficient (Wildman–Crippen LogP) is 2.04. The maximum atomic E-state index is 13.2. The van der Waals surface area contributed by atoms with Gasteiger partial charge in [0, 0.05) is 5.69 Å². The molecule has 3 rings (SSSR count). The number of benzene rings is 2. The smallest absolute Gasteiger partial charge is 0.261 e. The van der Waals surface area contributed by atoms with Crippen LogP contribution in [0.2, 0.25) is 0 Å². The van der Waals surface area contributed by atoms with Gasteiger partial charge in [-0.05, 0) is 41.8 Å². The molecule has 0 fully saturated rings. The molecule has 0 saturated heterocycles. The molecule has 0 bridgehead atoms. The third kappa shape index (κ3) is 3.89. The molecule has 3 N–H and O–H groups in total. The monoisotopic (exact) mass is 339 g/mol. The number of nitrogens with one attached hydrogen (secondary N) is 3. The Morgan fingerprint density at radius 3 is 2.56 bits per heavy atom. The maximum Gasteiger partial charge on any atom is 0.261 e. The summed E-state index contributed by atoms with van der Waals surface area (Å²) in [6, 6.07) is 14.0. The third-order valence-electron chi connectivity index (χ3n) is 3.52. The average molecular weight is 339 g/mol. The second kappa shape index (κ2) is 6.96. The van der Waals surface area contributed by atoms with Gasteiger partial charge < -0.3 is 15.6 Å². The molecule has 0 atom stereocenters. The number of carbonyl (C=O) groups excluding carboxylic acids is 2. The summed E-state index contributed by atoms with van der Waals surface area (Å²) in [5.74, 6) is -1.59. The third-order valence-corrected chi connectivity index (χ3v) is 3.52. The zero-order valence-electron chi connectivity index (χ0n) is 13.0. The number of anilines is 1. The van der Waals surface area contributed by atoms with Crippen molar-refractivity contribution in [3.63, 3.8) is 0 Å². The first kappa shape index (κ1) is 16.4. The molecule has 1 heterocycles. The van der Waals surface area contributed by atoms with Crippen molar-refractivity contribution in [1.29, 1.82) is 0 Å². The van der Waals surface area contributed by atoms with Crippen LogP contribution in [-0.4, -0.2) is 23.3 Å². The van der Waals surface area contributed by atoms with Gasteiger partial charge in [-0.1, -0.05) is 18.2 Å². The normalized spacial score (nSPS) is 10.4. The van der Waals surface area contributed by atoms with Crippen molar-refractivity contribution in [2.45, 2.75) is 0 Å². The lowest BCUT2D eigenvalue weighted by Gasteiger charge is -2.07. The van der Waals surface area contributed by atoms with Crippen LogP contribution in [0.25, 0.3) is 10.9 Å². The van der Waals surface area contributed by atoms with E-state index in [1.165, 1.54) is 24.3 Å². The van der Waals surface area contributed by atoms with E-state index < -0.39 is 23.2 Å². The molecule has 0 unspecified atom stereocenters. The molecule has 3 aromatic rings. The minimum atomic E-state index is -0.685. The number of carbonyl (C=O) groups is 2. The van der Waals surface area contributed by atoms with Crippen LogP contribution in [0.15, 0.2) is 59.4 Å². The minimum Gasteiger partial charge on any atom is -0.343 e. The highest BCUT2D eigenvalue weighted by molar-refractivity contribution is 6.00. The Hall–Kier alpha value is -3.48. The van der Waals surface area contributed by atoms with Gasteiger partial charge in [-0.25, -0.2) is 4.39 Å². The van der Waals surface area contributed by atoms with Gasteiger partial charge in [0.25, 0.3) is 11.5 Å². The molecular weight excluding hydrogens is 325 g/mol. The lowest BCUT2D eigenvalue weighted by Crippen LogP contribution is -2.35. The van der Waals surface area contributed by atoms with E-state index in [2.05, 4.69) is 15.6 Å². The first-order chi connectivity index (χ1) is 12.0. The molecule has 0 saturated carbocycles. The summed E-state index contributed by atoms with van der Waals surface area (Å²) in [4.78, 5) is 38.4. The number of aromatic amines is 1. The van der Waals surface area contributed by atoms with E-state index >= 15 is 0 Å². The van der Waals surface area contributed by atoms with Crippen molar-refractivity contribution in [2.24, 2.45) is 0 Å². The number of hydrogen-bond donors (Lipinski definition) is 3. The van der Waals surface area contributed by atoms with Crippen molar-refractivity contribution in [3.05, 3.63) is 76.3 Å². The molecule has 7 heteroatoms. The van der Waals surface area contributed by atoms with Gasteiger partial charge in [0.05, 0.1) is 12.1 Å². The van der Waals surface area contributed by atoms with Crippen molar-refractivity contribution >= 4 is 28.4 Å². The van der Waals surface area contributed by atoms with E-state index in [1.807, 2.05) is 6.07 Å². The quantitative estimate of drug-likeness (QED) is 0.679. The lowest BCUT2D eigenvalue weighted by molar-refractivity contribution is -0.115. The lowest BCUT2D eigenvalue weighted by atomic mass is 10.1. The van der Waals surface area contributed by atoms with Gasteiger partial charge >= 0.3 is 0 Å². The number of fused-ring (bicyclic) bond motifs is 1. The number of rotatable bonds is 4. The summed E-state index contributed by atoms with van der Waals surface area (Å²) in [5, 5.41) is 5.52. The highest BCUT2D eigenvalue weighted by atomic mass is 19.1. The predicted molar refractivity (Wildman–Crippen MR) is 91.9 cm³/mol. The molecule has 2 aromatic carbocycles. The van der Waals surface area contributed by atoms with E-state index in [1.54, 1.807) is 24.3 Å². The summed E-state index contributed by atoms with van der Waals surface area (Å²) in [5.41, 5.74) is 0.0985. The number of para-hydroxylation sites is 1. The SMILES string of the molecule is O=C(CNC(=O)c1cc2ccc(F)cc2[nH]c1=O)Nc1ccccc1. The standard InChI is InChI=1S/C18H14FN3O3/c19-12-7-6-11-8-14(18(25)22-15(11)9-12)17(24)20-10-16(23)21-13-4-2-1-3-5-13/h1-9H,10H2,(H,20,24)(H,21,23)(H,22,25). The molecule has 2 amide bonds. The molecule has 0 aliphatic carbocycles. The van der Waals surface area contributed by atoms with Crippen LogP contribution >= 0.6 is 0 Å². The summed E-state index contributed by atoms with van der Waals surface area (Å²) in [7, 11) is 0. The van der Waals surface area contributed by atoms with Gasteiger partial charge in [-0.15, -0.1) is 0 Å². The Bertz CT molecular complexity index is 999. The Balaban J connectivity index is 1.70. The fraction of sp³-hybridized carbons (Fsp3) is 0.0556. The Labute approximate surface area is 141 Å². The number of hydrogen-bond acceptors (Lipinski definition) is 3. The van der Waals surface area contributed by atoms with Gasteiger partial charge in [0.15, 0.2) is 0 Å². The maximum absolute atomic E-state index is 13.2. The van der Waals surface area contributed by atoms with Gasteiger partial charge in [0.2, 0.25) is 5.91 Å². The van der Waals surface area contributed by atoms with Crippen molar-refractivity contribution in [1.82, 2.24) is 10.3 Å². The fourth-order valence-electron chi connectivity index (χ4n) is 2.32. The van der Waals surface area contributed by atoms with E-state index in [0.717, 1.165) is 0 Å². The van der Waals surface area contributed by atoms with E-state index in [9.17, 15) is 18.8 Å². The number of amides is 2. The Morgan fingerprint density at radius 2 is 1.80 bits per heavy atom. The van der Waals surface area contributed by atoms with Crippen LogP contribution in [0.5, 0.6) is 0 Å². The second-order valence-corrected chi connectivity index (χ2v) is 5.34. The highest BCUT2D eigenvalue weighted by Gasteiger charge is 2.13. The van der Waals surface area contributed by atoms with Crippen molar-refractivity contribution in [2.75, 3.05) is 11.9 Å². The molecule has 25 heavy (non-hydrogen) atoms. The number of aromatic nitrogens is 1. The van der Waals surface area contributed by atoms with Crippen LogP contribution < -0.4 is 16.2 Å².